The number of rotatable bonds is 11. The van der Waals surface area contributed by atoms with E-state index in [9.17, 15) is 13.2 Å². The largest absolute Gasteiger partial charge is 0.494 e. The first kappa shape index (κ1) is 22.4. The van der Waals surface area contributed by atoms with Crippen molar-refractivity contribution in [1.82, 2.24) is 10.0 Å². The maximum absolute atomic E-state index is 12.5. The highest BCUT2D eigenvalue weighted by atomic mass is 32.2. The van der Waals surface area contributed by atoms with Crippen LogP contribution < -0.4 is 14.8 Å². The first-order valence-corrected chi connectivity index (χ1v) is 10.3. The van der Waals surface area contributed by atoms with Gasteiger partial charge in [-0.1, -0.05) is 0 Å². The van der Waals surface area contributed by atoms with Gasteiger partial charge in [0, 0.05) is 13.2 Å². The standard InChI is InChI=1S/C18H30N2O5S/c1-6-24-17-9-8-16(12-14(17)4)26(22,23)20-15(5)18(21)19-10-7-11-25-13(2)3/h8-9,12-13,15,20H,6-7,10-11H2,1-5H3,(H,19,21)/t15-/m1/s1. The predicted octanol–water partition coefficient (Wildman–Crippen LogP) is 1.99. The molecular weight excluding hydrogens is 356 g/mol. The number of amides is 1. The molecule has 0 radical (unpaired) electrons. The summed E-state index contributed by atoms with van der Waals surface area (Å²) in [5.74, 6) is 0.265. The summed E-state index contributed by atoms with van der Waals surface area (Å²) in [4.78, 5) is 12.2. The Balaban J connectivity index is 2.59. The third-order valence-electron chi connectivity index (χ3n) is 3.55. The lowest BCUT2D eigenvalue weighted by Crippen LogP contribution is -2.45. The van der Waals surface area contributed by atoms with Crippen LogP contribution in [0.25, 0.3) is 0 Å². The van der Waals surface area contributed by atoms with Crippen molar-refractivity contribution < 1.29 is 22.7 Å². The van der Waals surface area contributed by atoms with Crippen molar-refractivity contribution in [3.63, 3.8) is 0 Å². The number of carbonyl (C=O) groups excluding carboxylic acids is 1. The molecule has 1 aromatic rings. The number of hydrogen-bond donors (Lipinski definition) is 2. The minimum atomic E-state index is -3.80. The number of benzene rings is 1. The van der Waals surface area contributed by atoms with E-state index in [1.165, 1.54) is 19.1 Å². The first-order valence-electron chi connectivity index (χ1n) is 8.82. The summed E-state index contributed by atoms with van der Waals surface area (Å²) in [5.41, 5.74) is 0.719. The Bertz CT molecular complexity index is 689. The maximum Gasteiger partial charge on any atom is 0.241 e. The van der Waals surface area contributed by atoms with Gasteiger partial charge in [-0.05, 0) is 64.8 Å². The highest BCUT2D eigenvalue weighted by molar-refractivity contribution is 7.89. The predicted molar refractivity (Wildman–Crippen MR) is 101 cm³/mol. The zero-order valence-electron chi connectivity index (χ0n) is 16.2. The second kappa shape index (κ2) is 10.5. The van der Waals surface area contributed by atoms with Gasteiger partial charge in [-0.15, -0.1) is 0 Å². The molecule has 0 saturated heterocycles. The second-order valence-corrected chi connectivity index (χ2v) is 7.98. The van der Waals surface area contributed by atoms with Crippen LogP contribution in [0.15, 0.2) is 23.1 Å². The number of ether oxygens (including phenoxy) is 2. The van der Waals surface area contributed by atoms with E-state index in [2.05, 4.69) is 10.0 Å². The Morgan fingerprint density at radius 1 is 1.23 bits per heavy atom. The number of aryl methyl sites for hydroxylation is 1. The van der Waals surface area contributed by atoms with Crippen molar-refractivity contribution in [3.05, 3.63) is 23.8 Å². The Morgan fingerprint density at radius 3 is 2.50 bits per heavy atom. The van der Waals surface area contributed by atoms with Gasteiger partial charge in [-0.3, -0.25) is 4.79 Å². The van der Waals surface area contributed by atoms with E-state index in [1.807, 2.05) is 20.8 Å². The fourth-order valence-electron chi connectivity index (χ4n) is 2.22. The summed E-state index contributed by atoms with van der Waals surface area (Å²) in [6, 6.07) is 3.74. The van der Waals surface area contributed by atoms with E-state index in [0.29, 0.717) is 31.9 Å². The molecule has 1 atom stereocenters. The van der Waals surface area contributed by atoms with E-state index in [0.717, 1.165) is 5.56 Å². The normalized spacial score (nSPS) is 12.8. The number of nitrogens with one attached hydrogen (secondary N) is 2. The van der Waals surface area contributed by atoms with Crippen LogP contribution in [0.1, 0.15) is 39.7 Å². The maximum atomic E-state index is 12.5. The summed E-state index contributed by atoms with van der Waals surface area (Å²) in [6.07, 6.45) is 0.815. The number of sulfonamides is 1. The Morgan fingerprint density at radius 2 is 1.92 bits per heavy atom. The average molecular weight is 387 g/mol. The van der Waals surface area contributed by atoms with Crippen LogP contribution in [0.2, 0.25) is 0 Å². The Hall–Kier alpha value is -1.64. The molecule has 26 heavy (non-hydrogen) atoms. The summed E-state index contributed by atoms with van der Waals surface area (Å²) < 4.78 is 38.1. The van der Waals surface area contributed by atoms with Gasteiger partial charge in [0.2, 0.25) is 15.9 Å². The van der Waals surface area contributed by atoms with Gasteiger partial charge in [0.05, 0.1) is 23.6 Å². The van der Waals surface area contributed by atoms with Crippen molar-refractivity contribution in [2.45, 2.75) is 58.1 Å². The molecule has 7 nitrogen and oxygen atoms in total. The zero-order chi connectivity index (χ0) is 19.7. The van der Waals surface area contributed by atoms with Gasteiger partial charge in [0.15, 0.2) is 0 Å². The summed E-state index contributed by atoms with van der Waals surface area (Å²) in [7, 11) is -3.80. The lowest BCUT2D eigenvalue weighted by Gasteiger charge is -2.15. The topological polar surface area (TPSA) is 93.7 Å². The molecule has 8 heteroatoms. The van der Waals surface area contributed by atoms with Gasteiger partial charge < -0.3 is 14.8 Å². The summed E-state index contributed by atoms with van der Waals surface area (Å²) in [6.45, 7) is 10.5. The lowest BCUT2D eigenvalue weighted by atomic mass is 10.2. The van der Waals surface area contributed by atoms with Gasteiger partial charge in [0.25, 0.3) is 0 Å². The molecule has 0 aliphatic heterocycles. The molecule has 1 aromatic carbocycles. The third kappa shape index (κ3) is 7.31. The highest BCUT2D eigenvalue weighted by Crippen LogP contribution is 2.21. The molecule has 0 fully saturated rings. The molecule has 148 valence electrons. The molecule has 0 aliphatic rings. The van der Waals surface area contributed by atoms with Crippen LogP contribution in [0.4, 0.5) is 0 Å². The van der Waals surface area contributed by atoms with Crippen molar-refractivity contribution in [3.8, 4) is 5.75 Å². The van der Waals surface area contributed by atoms with Crippen LogP contribution >= 0.6 is 0 Å². The van der Waals surface area contributed by atoms with Crippen molar-refractivity contribution in [2.24, 2.45) is 0 Å². The quantitative estimate of drug-likeness (QED) is 0.567. The van der Waals surface area contributed by atoms with E-state index in [1.54, 1.807) is 13.0 Å². The van der Waals surface area contributed by atoms with E-state index in [-0.39, 0.29) is 16.9 Å². The van der Waals surface area contributed by atoms with Gasteiger partial charge in [-0.25, -0.2) is 8.42 Å². The third-order valence-corrected chi connectivity index (χ3v) is 5.09. The molecule has 2 N–H and O–H groups in total. The molecule has 0 saturated carbocycles. The molecular formula is C18H30N2O5S. The van der Waals surface area contributed by atoms with Crippen molar-refractivity contribution in [1.29, 1.82) is 0 Å². The van der Waals surface area contributed by atoms with Crippen molar-refractivity contribution in [2.75, 3.05) is 19.8 Å². The smallest absolute Gasteiger partial charge is 0.241 e. The Kier molecular flexibility index (Phi) is 9.04. The van der Waals surface area contributed by atoms with E-state index < -0.39 is 16.1 Å². The minimum Gasteiger partial charge on any atom is -0.494 e. The van der Waals surface area contributed by atoms with E-state index in [4.69, 9.17) is 9.47 Å². The molecule has 0 heterocycles. The van der Waals surface area contributed by atoms with Crippen molar-refractivity contribution >= 4 is 15.9 Å². The fourth-order valence-corrected chi connectivity index (χ4v) is 3.50. The summed E-state index contributed by atoms with van der Waals surface area (Å²) in [5, 5.41) is 2.70. The molecule has 0 bridgehead atoms. The fraction of sp³-hybridized carbons (Fsp3) is 0.611. The van der Waals surface area contributed by atoms with Gasteiger partial charge in [-0.2, -0.15) is 4.72 Å². The summed E-state index contributed by atoms with van der Waals surface area (Å²) >= 11 is 0. The highest BCUT2D eigenvalue weighted by Gasteiger charge is 2.22. The zero-order valence-corrected chi connectivity index (χ0v) is 17.0. The van der Waals surface area contributed by atoms with Crippen LogP contribution in [-0.4, -0.2) is 46.2 Å². The van der Waals surface area contributed by atoms with Crippen LogP contribution in [0.5, 0.6) is 5.75 Å². The van der Waals surface area contributed by atoms with Crippen LogP contribution in [0.3, 0.4) is 0 Å². The number of hydrogen-bond acceptors (Lipinski definition) is 5. The lowest BCUT2D eigenvalue weighted by molar-refractivity contribution is -0.122. The molecule has 0 aliphatic carbocycles. The molecule has 1 amide bonds. The Labute approximate surface area is 156 Å². The molecule has 0 aromatic heterocycles. The molecule has 1 rings (SSSR count). The van der Waals surface area contributed by atoms with Gasteiger partial charge in [0.1, 0.15) is 5.75 Å². The minimum absolute atomic E-state index is 0.100. The van der Waals surface area contributed by atoms with E-state index >= 15 is 0 Å². The first-order chi connectivity index (χ1) is 12.2. The SMILES string of the molecule is CCOc1ccc(S(=O)(=O)N[C@H](C)C(=O)NCCCOC(C)C)cc1C. The number of carbonyl (C=O) groups is 1. The average Bonchev–Trinajstić information content (AvgIpc) is 2.55. The second-order valence-electron chi connectivity index (χ2n) is 6.27. The van der Waals surface area contributed by atoms with Crippen LogP contribution in [-0.2, 0) is 19.6 Å². The van der Waals surface area contributed by atoms with Gasteiger partial charge >= 0.3 is 0 Å². The molecule has 0 unspecified atom stereocenters. The monoisotopic (exact) mass is 386 g/mol. The van der Waals surface area contributed by atoms with Crippen LogP contribution in [0, 0.1) is 6.92 Å². The molecule has 0 spiro atoms.